The first kappa shape index (κ1) is 20.2. The minimum atomic E-state index is -1.74. The van der Waals surface area contributed by atoms with Gasteiger partial charge >= 0.3 is 5.97 Å². The fraction of sp³-hybridized carbons (Fsp3) is 0.500. The van der Waals surface area contributed by atoms with Crippen LogP contribution in [-0.4, -0.2) is 51.5 Å². The van der Waals surface area contributed by atoms with Crippen molar-refractivity contribution in [3.8, 4) is 0 Å². The van der Waals surface area contributed by atoms with E-state index in [0.29, 0.717) is 5.56 Å². The van der Waals surface area contributed by atoms with Gasteiger partial charge in [-0.25, -0.2) is 10.1 Å². The van der Waals surface area contributed by atoms with Crippen LogP contribution in [0.4, 0.5) is 0 Å². The van der Waals surface area contributed by atoms with Crippen molar-refractivity contribution in [2.45, 2.75) is 38.1 Å². The first-order chi connectivity index (χ1) is 12.4. The molecule has 8 heteroatoms. The summed E-state index contributed by atoms with van der Waals surface area (Å²) in [5, 5.41) is 38.7. The van der Waals surface area contributed by atoms with E-state index < -0.39 is 42.8 Å². The zero-order valence-electron chi connectivity index (χ0n) is 14.7. The third kappa shape index (κ3) is 3.83. The van der Waals surface area contributed by atoms with Gasteiger partial charge in [0.1, 0.15) is 12.2 Å². The summed E-state index contributed by atoms with van der Waals surface area (Å²) >= 11 is 0. The molecule has 3 atom stereocenters. The van der Waals surface area contributed by atoms with Crippen LogP contribution < -0.4 is 0 Å². The number of benzene rings is 1. The number of cyclic esters (lactones) is 1. The van der Waals surface area contributed by atoms with Gasteiger partial charge in [0.2, 0.25) is 5.60 Å². The molecule has 2 rings (SSSR count). The van der Waals surface area contributed by atoms with Gasteiger partial charge in [0.25, 0.3) is 5.76 Å². The minimum absolute atomic E-state index is 0.0649. The maximum Gasteiger partial charge on any atom is 0.382 e. The Kier molecular flexibility index (Phi) is 6.60. The van der Waals surface area contributed by atoms with Crippen molar-refractivity contribution in [2.75, 3.05) is 13.2 Å². The van der Waals surface area contributed by atoms with Crippen LogP contribution in [0.25, 0.3) is 0 Å². The fourth-order valence-corrected chi connectivity index (χ4v) is 3.04. The molecule has 26 heavy (non-hydrogen) atoms. The summed E-state index contributed by atoms with van der Waals surface area (Å²) < 4.78 is 11.1. The number of aliphatic hydroxyl groups is 3. The summed E-state index contributed by atoms with van der Waals surface area (Å²) in [5.41, 5.74) is -1.13. The SMILES string of the molecule is CC(C)C[C@]1([C@@H](O)CO)OC(=O)C(OO)=C1OC(CO)c1ccccc1. The van der Waals surface area contributed by atoms with Crippen molar-refractivity contribution in [2.24, 2.45) is 5.92 Å². The van der Waals surface area contributed by atoms with E-state index in [2.05, 4.69) is 4.89 Å². The van der Waals surface area contributed by atoms with E-state index in [4.69, 9.17) is 14.7 Å². The third-order valence-electron chi connectivity index (χ3n) is 4.16. The van der Waals surface area contributed by atoms with E-state index in [0.717, 1.165) is 0 Å². The van der Waals surface area contributed by atoms with Crippen LogP contribution in [0.3, 0.4) is 0 Å². The summed E-state index contributed by atoms with van der Waals surface area (Å²) in [6, 6.07) is 8.72. The van der Waals surface area contributed by atoms with Gasteiger partial charge in [0, 0.05) is 0 Å². The lowest BCUT2D eigenvalue weighted by molar-refractivity contribution is -0.211. The van der Waals surface area contributed by atoms with Gasteiger partial charge in [-0.2, -0.15) is 0 Å². The van der Waals surface area contributed by atoms with Crippen LogP contribution in [-0.2, 0) is 19.2 Å². The second-order valence-corrected chi connectivity index (χ2v) is 6.52. The van der Waals surface area contributed by atoms with Gasteiger partial charge in [-0.15, -0.1) is 0 Å². The van der Waals surface area contributed by atoms with E-state index in [-0.39, 0.29) is 18.1 Å². The lowest BCUT2D eigenvalue weighted by atomic mass is 9.85. The number of hydrogen-bond donors (Lipinski definition) is 4. The average molecular weight is 368 g/mol. The minimum Gasteiger partial charge on any atom is -0.479 e. The van der Waals surface area contributed by atoms with Crippen LogP contribution in [0.2, 0.25) is 0 Å². The topological polar surface area (TPSA) is 126 Å². The maximum absolute atomic E-state index is 12.1. The Labute approximate surface area is 151 Å². The maximum atomic E-state index is 12.1. The molecule has 0 bridgehead atoms. The Bertz CT molecular complexity index is 642. The molecule has 0 spiro atoms. The van der Waals surface area contributed by atoms with Crippen LogP contribution in [0.1, 0.15) is 31.9 Å². The van der Waals surface area contributed by atoms with Gasteiger partial charge in [0.15, 0.2) is 5.76 Å². The van der Waals surface area contributed by atoms with E-state index in [1.165, 1.54) is 0 Å². The number of ether oxygens (including phenoxy) is 2. The average Bonchev–Trinajstić information content (AvgIpc) is 2.90. The highest BCUT2D eigenvalue weighted by Crippen LogP contribution is 2.43. The predicted molar refractivity (Wildman–Crippen MR) is 89.5 cm³/mol. The molecule has 1 aromatic carbocycles. The monoisotopic (exact) mass is 368 g/mol. The quantitative estimate of drug-likeness (QED) is 0.290. The molecular weight excluding hydrogens is 344 g/mol. The van der Waals surface area contributed by atoms with Crippen molar-refractivity contribution in [3.05, 3.63) is 47.4 Å². The second kappa shape index (κ2) is 8.50. The molecule has 1 aliphatic heterocycles. The molecule has 1 heterocycles. The van der Waals surface area contributed by atoms with E-state index in [1.807, 2.05) is 13.8 Å². The molecule has 0 saturated heterocycles. The van der Waals surface area contributed by atoms with Gasteiger partial charge < -0.3 is 29.7 Å². The normalized spacial score (nSPS) is 22.3. The molecule has 0 aliphatic carbocycles. The van der Waals surface area contributed by atoms with E-state index >= 15 is 0 Å². The molecule has 1 unspecified atom stereocenters. The smallest absolute Gasteiger partial charge is 0.382 e. The Balaban J connectivity index is 2.49. The molecule has 0 saturated carbocycles. The number of aliphatic hydroxyl groups excluding tert-OH is 3. The molecule has 1 aromatic rings. The van der Waals surface area contributed by atoms with Crippen LogP contribution in [0.5, 0.6) is 0 Å². The summed E-state index contributed by atoms with van der Waals surface area (Å²) in [6.45, 7) is 2.51. The van der Waals surface area contributed by atoms with Crippen molar-refractivity contribution in [3.63, 3.8) is 0 Å². The molecule has 1 aliphatic rings. The lowest BCUT2D eigenvalue weighted by Crippen LogP contribution is -2.48. The molecule has 4 N–H and O–H groups in total. The van der Waals surface area contributed by atoms with E-state index in [9.17, 15) is 20.1 Å². The van der Waals surface area contributed by atoms with Crippen LogP contribution in [0.15, 0.2) is 41.9 Å². The molecule has 0 radical (unpaired) electrons. The number of carbonyl (C=O) groups excluding carboxylic acids is 1. The highest BCUT2D eigenvalue weighted by Gasteiger charge is 2.56. The molecule has 8 nitrogen and oxygen atoms in total. The first-order valence-corrected chi connectivity index (χ1v) is 8.30. The highest BCUT2D eigenvalue weighted by atomic mass is 17.1. The molecule has 0 fully saturated rings. The van der Waals surface area contributed by atoms with Crippen molar-refractivity contribution < 1.29 is 39.7 Å². The van der Waals surface area contributed by atoms with Gasteiger partial charge in [-0.3, -0.25) is 0 Å². The Morgan fingerprint density at radius 1 is 1.15 bits per heavy atom. The third-order valence-corrected chi connectivity index (χ3v) is 4.16. The van der Waals surface area contributed by atoms with Crippen LogP contribution >= 0.6 is 0 Å². The highest BCUT2D eigenvalue weighted by molar-refractivity contribution is 5.90. The summed E-state index contributed by atoms with van der Waals surface area (Å²) in [7, 11) is 0. The number of esters is 1. The largest absolute Gasteiger partial charge is 0.479 e. The zero-order chi connectivity index (χ0) is 19.3. The number of hydrogen-bond acceptors (Lipinski definition) is 8. The Morgan fingerprint density at radius 3 is 2.31 bits per heavy atom. The Morgan fingerprint density at radius 2 is 1.81 bits per heavy atom. The zero-order valence-corrected chi connectivity index (χ0v) is 14.7. The molecule has 0 aromatic heterocycles. The standard InChI is InChI=1S/C18H24O8/c1-11(2)8-18(14(21)10-20)16(15(26-23)17(22)25-18)24-13(9-19)12-6-4-3-5-7-12/h3-7,11,13-14,19-21,23H,8-10H2,1-2H3/t13?,14-,18+/m0/s1. The van der Waals surface area contributed by atoms with Gasteiger partial charge in [0.05, 0.1) is 13.2 Å². The van der Waals surface area contributed by atoms with Crippen molar-refractivity contribution >= 4 is 5.97 Å². The summed E-state index contributed by atoms with van der Waals surface area (Å²) in [5.74, 6) is -1.97. The Hall–Kier alpha value is -2.13. The van der Waals surface area contributed by atoms with Gasteiger partial charge in [-0.05, 0) is 17.9 Å². The van der Waals surface area contributed by atoms with Crippen molar-refractivity contribution in [1.82, 2.24) is 0 Å². The molecular formula is C18H24O8. The number of carbonyl (C=O) groups is 1. The lowest BCUT2D eigenvalue weighted by Gasteiger charge is -2.36. The summed E-state index contributed by atoms with van der Waals surface area (Å²) in [6.07, 6.45) is -2.30. The fourth-order valence-electron chi connectivity index (χ4n) is 3.04. The summed E-state index contributed by atoms with van der Waals surface area (Å²) in [4.78, 5) is 16.3. The predicted octanol–water partition coefficient (Wildman–Crippen LogP) is 1.13. The van der Waals surface area contributed by atoms with Crippen LogP contribution in [0, 0.1) is 5.92 Å². The second-order valence-electron chi connectivity index (χ2n) is 6.52. The first-order valence-electron chi connectivity index (χ1n) is 8.30. The van der Waals surface area contributed by atoms with E-state index in [1.54, 1.807) is 30.3 Å². The number of rotatable bonds is 9. The molecule has 0 amide bonds. The van der Waals surface area contributed by atoms with Crippen molar-refractivity contribution in [1.29, 1.82) is 0 Å². The molecule has 144 valence electrons. The van der Waals surface area contributed by atoms with Gasteiger partial charge in [-0.1, -0.05) is 44.2 Å².